The van der Waals surface area contributed by atoms with E-state index in [1.807, 2.05) is 47.3 Å². The van der Waals surface area contributed by atoms with Gasteiger partial charge in [0.1, 0.15) is 5.75 Å². The first kappa shape index (κ1) is 19.6. The van der Waals surface area contributed by atoms with Crippen LogP contribution in [0.1, 0.15) is 0 Å². The lowest BCUT2D eigenvalue weighted by Gasteiger charge is -2.30. The molecule has 1 fully saturated rings. The molecule has 1 saturated heterocycles. The van der Waals surface area contributed by atoms with Crippen molar-refractivity contribution in [1.29, 1.82) is 0 Å². The van der Waals surface area contributed by atoms with Gasteiger partial charge in [0, 0.05) is 54.4 Å². The van der Waals surface area contributed by atoms with Crippen LogP contribution in [0, 0.1) is 0 Å². The molecular weight excluding hydrogens is 418 g/mol. The van der Waals surface area contributed by atoms with E-state index in [4.69, 9.17) is 14.5 Å². The summed E-state index contributed by atoms with van der Waals surface area (Å²) in [6, 6.07) is 12.2. The van der Waals surface area contributed by atoms with Gasteiger partial charge < -0.3 is 24.1 Å². The number of fused-ring (bicyclic) bond motifs is 2. The number of H-pyrrole nitrogens is 1. The third-order valence-corrected chi connectivity index (χ3v) is 5.91. The Morgan fingerprint density at radius 2 is 2.03 bits per heavy atom. The predicted octanol–water partition coefficient (Wildman–Crippen LogP) is 3.86. The fraction of sp³-hybridized carbons (Fsp3) is 0.208. The highest BCUT2D eigenvalue weighted by molar-refractivity contribution is 5.84. The summed E-state index contributed by atoms with van der Waals surface area (Å²) in [4.78, 5) is 11.7. The van der Waals surface area contributed by atoms with Crippen LogP contribution in [0.5, 0.6) is 5.75 Å². The molecule has 1 aliphatic rings. The second-order valence-corrected chi connectivity index (χ2v) is 7.92. The summed E-state index contributed by atoms with van der Waals surface area (Å²) in [6.45, 7) is 3.15. The van der Waals surface area contributed by atoms with Gasteiger partial charge in [0.15, 0.2) is 11.5 Å². The average molecular weight is 441 g/mol. The second-order valence-electron chi connectivity index (χ2n) is 7.92. The van der Waals surface area contributed by atoms with Crippen molar-refractivity contribution >= 4 is 33.7 Å². The average Bonchev–Trinajstić information content (AvgIpc) is 3.53. The maximum Gasteiger partial charge on any atom is 0.180 e. The molecule has 0 amide bonds. The summed E-state index contributed by atoms with van der Waals surface area (Å²) in [7, 11) is 1.69. The van der Waals surface area contributed by atoms with Crippen molar-refractivity contribution in [2.24, 2.45) is 0 Å². The Kier molecular flexibility index (Phi) is 4.80. The van der Waals surface area contributed by atoms with Gasteiger partial charge in [-0.05, 0) is 18.2 Å². The summed E-state index contributed by atoms with van der Waals surface area (Å²) in [5.74, 6) is 1.48. The summed E-state index contributed by atoms with van der Waals surface area (Å²) in [6.07, 6.45) is 7.48. The number of hydrogen-bond donors (Lipinski definition) is 2. The van der Waals surface area contributed by atoms with Crippen molar-refractivity contribution in [3.8, 4) is 17.0 Å². The molecule has 0 radical (unpaired) electrons. The highest BCUT2D eigenvalue weighted by Crippen LogP contribution is 2.33. The van der Waals surface area contributed by atoms with E-state index in [1.54, 1.807) is 13.3 Å². The van der Waals surface area contributed by atoms with E-state index in [-0.39, 0.29) is 0 Å². The molecule has 6 rings (SSSR count). The number of nitrogens with zero attached hydrogens (tertiary/aromatic N) is 5. The van der Waals surface area contributed by atoms with Gasteiger partial charge in [0.2, 0.25) is 0 Å². The van der Waals surface area contributed by atoms with Crippen molar-refractivity contribution in [3.63, 3.8) is 0 Å². The Bertz CT molecular complexity index is 1440. The van der Waals surface area contributed by atoms with Crippen LogP contribution >= 0.6 is 0 Å². The minimum Gasteiger partial charge on any atom is -0.495 e. The number of imidazole rings is 1. The minimum absolute atomic E-state index is 0.670. The van der Waals surface area contributed by atoms with Gasteiger partial charge in [-0.1, -0.05) is 12.1 Å². The van der Waals surface area contributed by atoms with Crippen LogP contribution in [0.2, 0.25) is 0 Å². The maximum atomic E-state index is 5.70. The molecule has 0 bridgehead atoms. The van der Waals surface area contributed by atoms with Gasteiger partial charge in [-0.3, -0.25) is 5.10 Å². The zero-order valence-corrected chi connectivity index (χ0v) is 18.2. The molecule has 9 heteroatoms. The molecule has 2 aromatic carbocycles. The Morgan fingerprint density at radius 3 is 2.91 bits per heavy atom. The van der Waals surface area contributed by atoms with Crippen molar-refractivity contribution in [2.75, 3.05) is 43.6 Å². The van der Waals surface area contributed by atoms with Crippen molar-refractivity contribution in [1.82, 2.24) is 24.6 Å². The molecule has 1 aliphatic heterocycles. The highest BCUT2D eigenvalue weighted by Gasteiger charge is 2.17. The van der Waals surface area contributed by atoms with Crippen LogP contribution in [0.25, 0.3) is 27.8 Å². The first-order chi connectivity index (χ1) is 16.3. The standard InChI is InChI=1S/C24H23N7O2/c1-32-22-13-18(4-5-21(22)30-8-10-33-11-9-30)27-23-24-25-6-7-31(24)15-20(28-23)16-2-3-17-14-26-29-19(17)12-16/h2-7,12-15H,8-11H2,1H3,(H,26,29)(H,27,28). The molecule has 5 aromatic rings. The summed E-state index contributed by atoms with van der Waals surface area (Å²) < 4.78 is 13.2. The van der Waals surface area contributed by atoms with Crippen molar-refractivity contribution in [3.05, 3.63) is 61.2 Å². The lowest BCUT2D eigenvalue weighted by molar-refractivity contribution is 0.122. The van der Waals surface area contributed by atoms with E-state index in [2.05, 4.69) is 37.5 Å². The first-order valence-electron chi connectivity index (χ1n) is 10.8. The van der Waals surface area contributed by atoms with Crippen LogP contribution in [-0.4, -0.2) is 58.0 Å². The van der Waals surface area contributed by atoms with Gasteiger partial charge in [-0.25, -0.2) is 9.97 Å². The van der Waals surface area contributed by atoms with Crippen LogP contribution < -0.4 is 15.0 Å². The zero-order valence-electron chi connectivity index (χ0n) is 18.2. The largest absolute Gasteiger partial charge is 0.495 e. The number of ether oxygens (including phenoxy) is 2. The third kappa shape index (κ3) is 3.62. The summed E-state index contributed by atoms with van der Waals surface area (Å²) in [5, 5.41) is 11.6. The lowest BCUT2D eigenvalue weighted by atomic mass is 10.1. The monoisotopic (exact) mass is 441 g/mol. The SMILES string of the molecule is COc1cc(Nc2nc(-c3ccc4cn[nH]c4c3)cn3ccnc23)ccc1N1CCOCC1. The number of nitrogens with one attached hydrogen (secondary N) is 2. The molecule has 0 unspecified atom stereocenters. The number of rotatable bonds is 5. The van der Waals surface area contributed by atoms with E-state index >= 15 is 0 Å². The number of methoxy groups -OCH3 is 1. The number of hydrogen-bond acceptors (Lipinski definition) is 7. The van der Waals surface area contributed by atoms with Gasteiger partial charge in [-0.15, -0.1) is 0 Å². The third-order valence-electron chi connectivity index (χ3n) is 5.91. The Hall–Kier alpha value is -4.11. The molecule has 0 saturated carbocycles. The van der Waals surface area contributed by atoms with Crippen LogP contribution in [0.3, 0.4) is 0 Å². The van der Waals surface area contributed by atoms with Gasteiger partial charge in [0.05, 0.1) is 43.4 Å². The summed E-state index contributed by atoms with van der Waals surface area (Å²) >= 11 is 0. The molecule has 166 valence electrons. The number of aromatic nitrogens is 5. The number of anilines is 3. The summed E-state index contributed by atoms with van der Waals surface area (Å²) in [5.41, 5.74) is 5.48. The van der Waals surface area contributed by atoms with E-state index in [1.165, 1.54) is 0 Å². The van der Waals surface area contributed by atoms with E-state index in [0.717, 1.165) is 71.2 Å². The van der Waals surface area contributed by atoms with Gasteiger partial charge in [0.25, 0.3) is 0 Å². The molecule has 0 atom stereocenters. The minimum atomic E-state index is 0.670. The van der Waals surface area contributed by atoms with Crippen molar-refractivity contribution in [2.45, 2.75) is 0 Å². The number of aromatic amines is 1. The Labute approximate surface area is 190 Å². The number of benzene rings is 2. The van der Waals surface area contributed by atoms with Crippen LogP contribution in [0.15, 0.2) is 61.2 Å². The molecule has 4 heterocycles. The van der Waals surface area contributed by atoms with Gasteiger partial charge in [-0.2, -0.15) is 5.10 Å². The van der Waals surface area contributed by atoms with Crippen LogP contribution in [0.4, 0.5) is 17.2 Å². The molecule has 2 N–H and O–H groups in total. The number of morpholine rings is 1. The molecule has 3 aromatic heterocycles. The van der Waals surface area contributed by atoms with Gasteiger partial charge >= 0.3 is 0 Å². The smallest absolute Gasteiger partial charge is 0.180 e. The zero-order chi connectivity index (χ0) is 22.2. The Morgan fingerprint density at radius 1 is 1.12 bits per heavy atom. The lowest BCUT2D eigenvalue weighted by Crippen LogP contribution is -2.36. The maximum absolute atomic E-state index is 5.70. The quantitative estimate of drug-likeness (QED) is 0.428. The van der Waals surface area contributed by atoms with E-state index < -0.39 is 0 Å². The Balaban J connectivity index is 1.37. The second kappa shape index (κ2) is 8.10. The van der Waals surface area contributed by atoms with Crippen LogP contribution in [-0.2, 0) is 4.74 Å². The van der Waals surface area contributed by atoms with Crippen molar-refractivity contribution < 1.29 is 9.47 Å². The fourth-order valence-corrected chi connectivity index (χ4v) is 4.21. The first-order valence-corrected chi connectivity index (χ1v) is 10.8. The highest BCUT2D eigenvalue weighted by atomic mass is 16.5. The van der Waals surface area contributed by atoms with E-state index in [9.17, 15) is 0 Å². The fourth-order valence-electron chi connectivity index (χ4n) is 4.21. The molecule has 0 spiro atoms. The predicted molar refractivity (Wildman–Crippen MR) is 127 cm³/mol. The molecule has 9 nitrogen and oxygen atoms in total. The topological polar surface area (TPSA) is 92.6 Å². The molecular formula is C24H23N7O2. The molecule has 33 heavy (non-hydrogen) atoms. The van der Waals surface area contributed by atoms with E-state index in [0.29, 0.717) is 5.82 Å². The normalized spacial score (nSPS) is 14.2. The molecule has 0 aliphatic carbocycles.